The fourth-order valence-electron chi connectivity index (χ4n) is 2.17. The molecule has 5 heteroatoms. The molecule has 0 unspecified atom stereocenters. The first-order valence-corrected chi connectivity index (χ1v) is 7.25. The van der Waals surface area contributed by atoms with Crippen LogP contribution in [0.1, 0.15) is 22.6 Å². The van der Waals surface area contributed by atoms with Gasteiger partial charge in [0, 0.05) is 11.0 Å². The summed E-state index contributed by atoms with van der Waals surface area (Å²) in [6.07, 6.45) is 6.19. The standard InChI is InChI=1S/C15H13FN2OS/c16-11-4-1-3-10(9-11)7-8-14(19)18-15-17-12-5-2-6-13(12)20-15/h1,3-4,7-9H,2,5-6H2,(H,17,18,19)/b8-7+. The van der Waals surface area contributed by atoms with Crippen molar-refractivity contribution in [1.82, 2.24) is 4.98 Å². The lowest BCUT2D eigenvalue weighted by Crippen LogP contribution is -2.07. The molecule has 0 atom stereocenters. The summed E-state index contributed by atoms with van der Waals surface area (Å²) >= 11 is 1.54. The van der Waals surface area contributed by atoms with Crippen LogP contribution < -0.4 is 5.32 Å². The number of aryl methyl sites for hydroxylation is 2. The third-order valence-corrected chi connectivity index (χ3v) is 4.17. The van der Waals surface area contributed by atoms with Crippen LogP contribution in [0.25, 0.3) is 6.08 Å². The maximum atomic E-state index is 13.0. The number of nitrogens with zero attached hydrogens (tertiary/aromatic N) is 1. The summed E-state index contributed by atoms with van der Waals surface area (Å²) in [4.78, 5) is 17.4. The highest BCUT2D eigenvalue weighted by Crippen LogP contribution is 2.30. The van der Waals surface area contributed by atoms with Gasteiger partial charge < -0.3 is 0 Å². The van der Waals surface area contributed by atoms with Gasteiger partial charge in [0.05, 0.1) is 5.69 Å². The molecule has 1 aliphatic carbocycles. The number of thiazole rings is 1. The molecule has 0 spiro atoms. The second kappa shape index (κ2) is 5.54. The number of nitrogens with one attached hydrogen (secondary N) is 1. The van der Waals surface area contributed by atoms with Gasteiger partial charge in [0.25, 0.3) is 0 Å². The van der Waals surface area contributed by atoms with Crippen molar-refractivity contribution >= 4 is 28.5 Å². The van der Waals surface area contributed by atoms with Crippen LogP contribution in [-0.4, -0.2) is 10.9 Å². The van der Waals surface area contributed by atoms with Gasteiger partial charge in [-0.2, -0.15) is 0 Å². The van der Waals surface area contributed by atoms with Gasteiger partial charge in [-0.25, -0.2) is 9.37 Å². The molecule has 2 aromatic rings. The van der Waals surface area contributed by atoms with Crippen LogP contribution in [-0.2, 0) is 17.6 Å². The molecular formula is C15H13FN2OS. The molecule has 0 saturated heterocycles. The van der Waals surface area contributed by atoms with Gasteiger partial charge in [-0.1, -0.05) is 12.1 Å². The van der Waals surface area contributed by atoms with Crippen molar-refractivity contribution in [2.45, 2.75) is 19.3 Å². The third kappa shape index (κ3) is 2.93. The molecule has 3 nitrogen and oxygen atoms in total. The summed E-state index contributed by atoms with van der Waals surface area (Å²) in [6, 6.07) is 6.10. The first-order valence-electron chi connectivity index (χ1n) is 6.44. The zero-order valence-electron chi connectivity index (χ0n) is 10.7. The number of benzene rings is 1. The highest BCUT2D eigenvalue weighted by atomic mass is 32.1. The van der Waals surface area contributed by atoms with Crippen LogP contribution in [0.4, 0.5) is 9.52 Å². The van der Waals surface area contributed by atoms with Crippen molar-refractivity contribution in [3.63, 3.8) is 0 Å². The van der Waals surface area contributed by atoms with Gasteiger partial charge in [0.2, 0.25) is 5.91 Å². The smallest absolute Gasteiger partial charge is 0.250 e. The van der Waals surface area contributed by atoms with Crippen molar-refractivity contribution in [1.29, 1.82) is 0 Å². The summed E-state index contributed by atoms with van der Waals surface area (Å²) in [7, 11) is 0. The Balaban J connectivity index is 1.64. The van der Waals surface area contributed by atoms with E-state index in [2.05, 4.69) is 10.3 Å². The Kier molecular flexibility index (Phi) is 3.60. The predicted molar refractivity (Wildman–Crippen MR) is 78.2 cm³/mol. The largest absolute Gasteiger partial charge is 0.298 e. The highest BCUT2D eigenvalue weighted by Gasteiger charge is 2.17. The quantitative estimate of drug-likeness (QED) is 0.879. The average Bonchev–Trinajstić information content (AvgIpc) is 2.97. The van der Waals surface area contributed by atoms with Crippen molar-refractivity contribution < 1.29 is 9.18 Å². The first kappa shape index (κ1) is 13.0. The lowest BCUT2D eigenvalue weighted by atomic mass is 10.2. The summed E-state index contributed by atoms with van der Waals surface area (Å²) < 4.78 is 13.0. The lowest BCUT2D eigenvalue weighted by molar-refractivity contribution is -0.111. The van der Waals surface area contributed by atoms with Crippen molar-refractivity contribution in [2.24, 2.45) is 0 Å². The average molecular weight is 288 g/mol. The van der Waals surface area contributed by atoms with E-state index in [0.717, 1.165) is 25.0 Å². The Morgan fingerprint density at radius 2 is 2.30 bits per heavy atom. The normalized spacial score (nSPS) is 13.7. The minimum atomic E-state index is -0.316. The number of aromatic nitrogens is 1. The van der Waals surface area contributed by atoms with Crippen LogP contribution >= 0.6 is 11.3 Å². The van der Waals surface area contributed by atoms with Crippen LogP contribution in [0.3, 0.4) is 0 Å². The van der Waals surface area contributed by atoms with E-state index < -0.39 is 0 Å². The molecule has 1 amide bonds. The van der Waals surface area contributed by atoms with E-state index in [-0.39, 0.29) is 11.7 Å². The summed E-state index contributed by atoms with van der Waals surface area (Å²) in [5, 5.41) is 3.39. The Labute approximate surface area is 120 Å². The minimum Gasteiger partial charge on any atom is -0.298 e. The fourth-order valence-corrected chi connectivity index (χ4v) is 3.23. The van der Waals surface area contributed by atoms with Gasteiger partial charge in [0.15, 0.2) is 5.13 Å². The van der Waals surface area contributed by atoms with Crippen LogP contribution in [0.15, 0.2) is 30.3 Å². The van der Waals surface area contributed by atoms with Crippen LogP contribution in [0, 0.1) is 5.82 Å². The monoisotopic (exact) mass is 288 g/mol. The molecule has 1 heterocycles. The number of amides is 1. The van der Waals surface area contributed by atoms with Crippen molar-refractivity contribution in [2.75, 3.05) is 5.32 Å². The third-order valence-electron chi connectivity index (χ3n) is 3.10. The summed E-state index contributed by atoms with van der Waals surface area (Å²) in [6.45, 7) is 0. The number of anilines is 1. The van der Waals surface area contributed by atoms with E-state index in [1.54, 1.807) is 18.2 Å². The Hall–Kier alpha value is -2.01. The van der Waals surface area contributed by atoms with Gasteiger partial charge in [-0.15, -0.1) is 11.3 Å². The predicted octanol–water partition coefficient (Wildman–Crippen LogP) is 3.42. The second-order valence-electron chi connectivity index (χ2n) is 4.62. The van der Waals surface area contributed by atoms with Gasteiger partial charge in [0.1, 0.15) is 5.82 Å². The van der Waals surface area contributed by atoms with Crippen molar-refractivity contribution in [3.05, 3.63) is 52.3 Å². The van der Waals surface area contributed by atoms with E-state index in [1.165, 1.54) is 34.4 Å². The first-order chi connectivity index (χ1) is 9.70. The molecule has 1 aliphatic rings. The molecular weight excluding hydrogens is 275 g/mol. The molecule has 1 aromatic heterocycles. The van der Waals surface area contributed by atoms with Crippen LogP contribution in [0.2, 0.25) is 0 Å². The topological polar surface area (TPSA) is 42.0 Å². The van der Waals surface area contributed by atoms with Crippen molar-refractivity contribution in [3.8, 4) is 0 Å². The number of hydrogen-bond donors (Lipinski definition) is 1. The number of halogens is 1. The van der Waals surface area contributed by atoms with E-state index in [9.17, 15) is 9.18 Å². The molecule has 1 N–H and O–H groups in total. The molecule has 1 aromatic carbocycles. The number of hydrogen-bond acceptors (Lipinski definition) is 3. The molecule has 0 saturated carbocycles. The second-order valence-corrected chi connectivity index (χ2v) is 5.70. The Morgan fingerprint density at radius 1 is 1.40 bits per heavy atom. The summed E-state index contributed by atoms with van der Waals surface area (Å²) in [5.74, 6) is -0.564. The lowest BCUT2D eigenvalue weighted by Gasteiger charge is -1.97. The zero-order valence-corrected chi connectivity index (χ0v) is 11.5. The molecule has 20 heavy (non-hydrogen) atoms. The number of carbonyl (C=O) groups is 1. The van der Waals surface area contributed by atoms with Gasteiger partial charge >= 0.3 is 0 Å². The SMILES string of the molecule is O=C(/C=C/c1cccc(F)c1)Nc1nc2c(s1)CCC2. The maximum Gasteiger partial charge on any atom is 0.250 e. The molecule has 0 fully saturated rings. The summed E-state index contributed by atoms with van der Waals surface area (Å²) in [5.41, 5.74) is 1.76. The molecule has 0 aliphatic heterocycles. The van der Waals surface area contributed by atoms with Gasteiger partial charge in [-0.3, -0.25) is 10.1 Å². The van der Waals surface area contributed by atoms with E-state index in [4.69, 9.17) is 0 Å². The number of fused-ring (bicyclic) bond motifs is 1. The molecule has 0 radical (unpaired) electrons. The van der Waals surface area contributed by atoms with E-state index >= 15 is 0 Å². The Morgan fingerprint density at radius 3 is 3.10 bits per heavy atom. The highest BCUT2D eigenvalue weighted by molar-refractivity contribution is 7.15. The zero-order chi connectivity index (χ0) is 13.9. The van der Waals surface area contributed by atoms with E-state index in [1.807, 2.05) is 0 Å². The maximum absolute atomic E-state index is 13.0. The fraction of sp³-hybridized carbons (Fsp3) is 0.200. The minimum absolute atomic E-state index is 0.248. The number of rotatable bonds is 3. The van der Waals surface area contributed by atoms with Crippen LogP contribution in [0.5, 0.6) is 0 Å². The molecule has 102 valence electrons. The van der Waals surface area contributed by atoms with E-state index in [0.29, 0.717) is 10.7 Å². The van der Waals surface area contributed by atoms with Gasteiger partial charge in [-0.05, 0) is 43.0 Å². The Bertz CT molecular complexity index is 657. The number of carbonyl (C=O) groups excluding carboxylic acids is 1. The molecule has 0 bridgehead atoms. The molecule has 3 rings (SSSR count).